The Balaban J connectivity index is 1.71. The van der Waals surface area contributed by atoms with Crippen LogP contribution < -0.4 is 5.32 Å². The molecule has 0 radical (unpaired) electrons. The van der Waals surface area contributed by atoms with E-state index in [2.05, 4.69) is 10.3 Å². The molecule has 1 amide bonds. The maximum Gasteiger partial charge on any atom is 0.258 e. The summed E-state index contributed by atoms with van der Waals surface area (Å²) in [5.74, 6) is -0.159. The highest BCUT2D eigenvalue weighted by Gasteiger charge is 2.13. The van der Waals surface area contributed by atoms with Crippen LogP contribution >= 0.6 is 22.9 Å². The van der Waals surface area contributed by atoms with Gasteiger partial charge in [-0.05, 0) is 41.5 Å². The van der Waals surface area contributed by atoms with Gasteiger partial charge in [-0.2, -0.15) is 0 Å². The van der Waals surface area contributed by atoms with E-state index in [1.54, 1.807) is 0 Å². The molecule has 118 valence electrons. The van der Waals surface area contributed by atoms with Crippen LogP contribution in [0.15, 0.2) is 54.6 Å². The Morgan fingerprint density at radius 3 is 2.79 bits per heavy atom. The first-order chi connectivity index (χ1) is 11.6. The van der Waals surface area contributed by atoms with Crippen molar-refractivity contribution in [2.45, 2.75) is 6.92 Å². The minimum atomic E-state index is -0.159. The molecule has 0 fully saturated rings. The average Bonchev–Trinajstić information content (AvgIpc) is 2.95. The minimum Gasteiger partial charge on any atom is -0.298 e. The number of hydrogen-bond acceptors (Lipinski definition) is 3. The molecule has 0 aliphatic rings. The number of aryl methyl sites for hydroxylation is 1. The Kier molecular flexibility index (Phi) is 3.71. The third-order valence-electron chi connectivity index (χ3n) is 3.92. The second-order valence-corrected chi connectivity index (χ2v) is 7.01. The Morgan fingerprint density at radius 2 is 1.92 bits per heavy atom. The number of anilines is 1. The van der Waals surface area contributed by atoms with Crippen molar-refractivity contribution in [3.05, 3.63) is 70.7 Å². The SMILES string of the molecule is Cc1cc2sc(NC(=O)c3cccc4ccccc34)nc2cc1Cl. The van der Waals surface area contributed by atoms with Crippen molar-refractivity contribution in [1.82, 2.24) is 4.98 Å². The van der Waals surface area contributed by atoms with Gasteiger partial charge >= 0.3 is 0 Å². The van der Waals surface area contributed by atoms with Crippen molar-refractivity contribution in [3.63, 3.8) is 0 Å². The summed E-state index contributed by atoms with van der Waals surface area (Å²) in [7, 11) is 0. The Labute approximate surface area is 147 Å². The van der Waals surface area contributed by atoms with Gasteiger partial charge in [0.25, 0.3) is 5.91 Å². The van der Waals surface area contributed by atoms with Gasteiger partial charge in [-0.3, -0.25) is 10.1 Å². The highest BCUT2D eigenvalue weighted by Crippen LogP contribution is 2.31. The Bertz CT molecular complexity index is 1040. The van der Waals surface area contributed by atoms with E-state index in [0.717, 1.165) is 26.6 Å². The van der Waals surface area contributed by atoms with E-state index in [1.165, 1.54) is 11.3 Å². The highest BCUT2D eigenvalue weighted by atomic mass is 35.5. The molecule has 0 bridgehead atoms. The third kappa shape index (κ3) is 2.64. The summed E-state index contributed by atoms with van der Waals surface area (Å²) < 4.78 is 1.00. The molecule has 4 aromatic rings. The zero-order chi connectivity index (χ0) is 16.7. The number of amides is 1. The summed E-state index contributed by atoms with van der Waals surface area (Å²) in [6.07, 6.45) is 0. The molecule has 3 nitrogen and oxygen atoms in total. The number of fused-ring (bicyclic) bond motifs is 2. The molecule has 0 saturated heterocycles. The molecule has 0 saturated carbocycles. The molecule has 0 aliphatic carbocycles. The van der Waals surface area contributed by atoms with Crippen molar-refractivity contribution < 1.29 is 4.79 Å². The van der Waals surface area contributed by atoms with Crippen LogP contribution in [0.3, 0.4) is 0 Å². The number of hydrogen-bond donors (Lipinski definition) is 1. The van der Waals surface area contributed by atoms with E-state index in [9.17, 15) is 4.79 Å². The molecule has 24 heavy (non-hydrogen) atoms. The molecular formula is C19H13ClN2OS. The topological polar surface area (TPSA) is 42.0 Å². The van der Waals surface area contributed by atoms with Gasteiger partial charge in [0.1, 0.15) is 0 Å². The van der Waals surface area contributed by atoms with Crippen LogP contribution in [0.5, 0.6) is 0 Å². The summed E-state index contributed by atoms with van der Waals surface area (Å²) in [4.78, 5) is 17.1. The van der Waals surface area contributed by atoms with E-state index < -0.39 is 0 Å². The monoisotopic (exact) mass is 352 g/mol. The van der Waals surface area contributed by atoms with E-state index >= 15 is 0 Å². The lowest BCUT2D eigenvalue weighted by Crippen LogP contribution is -2.12. The Morgan fingerprint density at radius 1 is 1.12 bits per heavy atom. The lowest BCUT2D eigenvalue weighted by Gasteiger charge is -2.05. The molecule has 0 spiro atoms. The number of benzene rings is 3. The number of carbonyl (C=O) groups excluding carboxylic acids is 1. The molecule has 4 rings (SSSR count). The maximum atomic E-state index is 12.7. The van der Waals surface area contributed by atoms with Gasteiger partial charge in [-0.25, -0.2) is 4.98 Å². The summed E-state index contributed by atoms with van der Waals surface area (Å²) in [6, 6.07) is 17.4. The molecule has 1 heterocycles. The van der Waals surface area contributed by atoms with Crippen LogP contribution in [0, 0.1) is 6.92 Å². The first kappa shape index (κ1) is 15.1. The average molecular weight is 353 g/mol. The zero-order valence-corrected chi connectivity index (χ0v) is 14.4. The number of thiazole rings is 1. The lowest BCUT2D eigenvalue weighted by molar-refractivity contribution is 0.102. The van der Waals surface area contributed by atoms with Crippen molar-refractivity contribution in [3.8, 4) is 0 Å². The summed E-state index contributed by atoms with van der Waals surface area (Å²) in [6.45, 7) is 1.95. The van der Waals surface area contributed by atoms with Crippen LogP contribution in [-0.2, 0) is 0 Å². The molecule has 3 aromatic carbocycles. The van der Waals surface area contributed by atoms with Crippen molar-refractivity contribution in [2.24, 2.45) is 0 Å². The second kappa shape index (κ2) is 5.89. The summed E-state index contributed by atoms with van der Waals surface area (Å²) >= 11 is 7.59. The van der Waals surface area contributed by atoms with Gasteiger partial charge in [0.15, 0.2) is 5.13 Å². The van der Waals surface area contributed by atoms with Crippen LogP contribution in [0.25, 0.3) is 21.0 Å². The lowest BCUT2D eigenvalue weighted by atomic mass is 10.0. The predicted molar refractivity (Wildman–Crippen MR) is 101 cm³/mol. The smallest absolute Gasteiger partial charge is 0.258 e. The van der Waals surface area contributed by atoms with Gasteiger partial charge < -0.3 is 0 Å². The second-order valence-electron chi connectivity index (χ2n) is 5.57. The number of carbonyl (C=O) groups is 1. The maximum absolute atomic E-state index is 12.7. The highest BCUT2D eigenvalue weighted by molar-refractivity contribution is 7.22. The first-order valence-corrected chi connectivity index (χ1v) is 8.67. The van der Waals surface area contributed by atoms with E-state index in [4.69, 9.17) is 11.6 Å². The van der Waals surface area contributed by atoms with Crippen LogP contribution in [0.2, 0.25) is 5.02 Å². The van der Waals surface area contributed by atoms with Crippen LogP contribution in [-0.4, -0.2) is 10.9 Å². The number of nitrogens with one attached hydrogen (secondary N) is 1. The summed E-state index contributed by atoms with van der Waals surface area (Å²) in [5.41, 5.74) is 2.44. The largest absolute Gasteiger partial charge is 0.298 e. The molecule has 5 heteroatoms. The quantitative estimate of drug-likeness (QED) is 0.505. The predicted octanol–water partition coefficient (Wildman–Crippen LogP) is 5.66. The third-order valence-corrected chi connectivity index (χ3v) is 5.26. The van der Waals surface area contributed by atoms with Gasteiger partial charge in [0.2, 0.25) is 0 Å². The van der Waals surface area contributed by atoms with E-state index in [0.29, 0.717) is 15.7 Å². The molecule has 0 aliphatic heterocycles. The Hall–Kier alpha value is -2.43. The van der Waals surface area contributed by atoms with E-state index in [1.807, 2.05) is 61.5 Å². The van der Waals surface area contributed by atoms with Gasteiger partial charge in [-0.1, -0.05) is 59.3 Å². The molecule has 1 N–H and O–H groups in total. The number of aromatic nitrogens is 1. The molecular weight excluding hydrogens is 340 g/mol. The molecule has 0 unspecified atom stereocenters. The fourth-order valence-corrected chi connectivity index (χ4v) is 3.79. The fraction of sp³-hybridized carbons (Fsp3) is 0.0526. The summed E-state index contributed by atoms with van der Waals surface area (Å²) in [5, 5.41) is 6.13. The van der Waals surface area contributed by atoms with Crippen molar-refractivity contribution in [2.75, 3.05) is 5.32 Å². The van der Waals surface area contributed by atoms with E-state index in [-0.39, 0.29) is 5.91 Å². The number of halogens is 1. The number of rotatable bonds is 2. The van der Waals surface area contributed by atoms with Crippen molar-refractivity contribution >= 4 is 55.0 Å². The standard InChI is InChI=1S/C19H13ClN2OS/c1-11-9-17-16(10-15(11)20)21-19(24-17)22-18(23)14-8-4-6-12-5-2-3-7-13(12)14/h2-10H,1H3,(H,21,22,23). The molecule has 0 atom stereocenters. The molecule has 1 aromatic heterocycles. The minimum absolute atomic E-state index is 0.159. The number of nitrogens with zero attached hydrogens (tertiary/aromatic N) is 1. The zero-order valence-electron chi connectivity index (χ0n) is 12.8. The van der Waals surface area contributed by atoms with Gasteiger partial charge in [-0.15, -0.1) is 0 Å². The van der Waals surface area contributed by atoms with Crippen molar-refractivity contribution in [1.29, 1.82) is 0 Å². The fourth-order valence-electron chi connectivity index (χ4n) is 2.69. The van der Waals surface area contributed by atoms with Crippen LogP contribution in [0.4, 0.5) is 5.13 Å². The van der Waals surface area contributed by atoms with Gasteiger partial charge in [0, 0.05) is 10.6 Å². The van der Waals surface area contributed by atoms with Crippen LogP contribution in [0.1, 0.15) is 15.9 Å². The van der Waals surface area contributed by atoms with Gasteiger partial charge in [0.05, 0.1) is 10.2 Å². The first-order valence-electron chi connectivity index (χ1n) is 7.47. The normalized spacial score (nSPS) is 11.1.